The van der Waals surface area contributed by atoms with Gasteiger partial charge < -0.3 is 11.1 Å². The number of nitrogens with zero attached hydrogens (tertiary/aromatic N) is 1. The van der Waals surface area contributed by atoms with Crippen molar-refractivity contribution in [2.75, 3.05) is 5.32 Å². The molecule has 1 aromatic carbocycles. The number of nitro groups is 1. The van der Waals surface area contributed by atoms with Gasteiger partial charge in [0.15, 0.2) is 0 Å². The lowest BCUT2D eigenvalue weighted by Crippen LogP contribution is -2.28. The van der Waals surface area contributed by atoms with E-state index in [1.807, 2.05) is 6.92 Å². The predicted octanol–water partition coefficient (Wildman–Crippen LogP) is 3.35. The summed E-state index contributed by atoms with van der Waals surface area (Å²) in [6, 6.07) is 5.15. The van der Waals surface area contributed by atoms with Gasteiger partial charge in [0.25, 0.3) is 5.69 Å². The van der Waals surface area contributed by atoms with Crippen molar-refractivity contribution in [2.24, 2.45) is 11.7 Å². The van der Waals surface area contributed by atoms with Gasteiger partial charge in [0, 0.05) is 29.6 Å². The molecule has 1 fully saturated rings. The Morgan fingerprint density at radius 2 is 2.05 bits per heavy atom. The zero-order chi connectivity index (χ0) is 14.7. The maximum Gasteiger partial charge on any atom is 0.269 e. The molecule has 0 heterocycles. The number of hydrogen-bond donors (Lipinski definition) is 2. The van der Waals surface area contributed by atoms with Crippen molar-refractivity contribution < 1.29 is 4.92 Å². The minimum atomic E-state index is -0.381. The Bertz CT molecular complexity index is 520. The fourth-order valence-electron chi connectivity index (χ4n) is 2.64. The number of aryl methyl sites for hydroxylation is 1. The number of benzene rings is 1. The molecular formula is C15H21N3O2. The standard InChI is InChI=1S/C15H21N3O2/c1-10-9-14(18(19)20)7-8-15(10)17-11(2)12-3-5-13(16)6-4-12/h7-9,12-13,17H,2-6,16H2,1H3. The van der Waals surface area contributed by atoms with Crippen LogP contribution in [0.5, 0.6) is 0 Å². The van der Waals surface area contributed by atoms with Crippen LogP contribution in [-0.4, -0.2) is 11.0 Å². The van der Waals surface area contributed by atoms with E-state index >= 15 is 0 Å². The van der Waals surface area contributed by atoms with Crippen molar-refractivity contribution in [3.8, 4) is 0 Å². The van der Waals surface area contributed by atoms with Crippen LogP contribution >= 0.6 is 0 Å². The van der Waals surface area contributed by atoms with Gasteiger partial charge in [-0.3, -0.25) is 10.1 Å². The van der Waals surface area contributed by atoms with Crippen LogP contribution in [0.25, 0.3) is 0 Å². The minimum absolute atomic E-state index is 0.113. The number of anilines is 1. The minimum Gasteiger partial charge on any atom is -0.359 e. The first-order valence-corrected chi connectivity index (χ1v) is 6.94. The summed E-state index contributed by atoms with van der Waals surface area (Å²) >= 11 is 0. The van der Waals surface area contributed by atoms with Gasteiger partial charge >= 0.3 is 0 Å². The van der Waals surface area contributed by atoms with Gasteiger partial charge in [0.2, 0.25) is 0 Å². The van der Waals surface area contributed by atoms with Crippen molar-refractivity contribution in [2.45, 2.75) is 38.6 Å². The van der Waals surface area contributed by atoms with Crippen LogP contribution < -0.4 is 11.1 Å². The summed E-state index contributed by atoms with van der Waals surface area (Å²) in [6.07, 6.45) is 4.17. The van der Waals surface area contributed by atoms with E-state index in [9.17, 15) is 10.1 Å². The van der Waals surface area contributed by atoms with Gasteiger partial charge in [-0.25, -0.2) is 0 Å². The molecule has 0 unspecified atom stereocenters. The van der Waals surface area contributed by atoms with E-state index in [1.54, 1.807) is 12.1 Å². The third kappa shape index (κ3) is 3.36. The fraction of sp³-hybridized carbons (Fsp3) is 0.467. The van der Waals surface area contributed by atoms with Crippen LogP contribution in [0, 0.1) is 23.0 Å². The van der Waals surface area contributed by atoms with Gasteiger partial charge in [-0.1, -0.05) is 6.58 Å². The molecule has 1 aliphatic rings. The second kappa shape index (κ2) is 6.05. The van der Waals surface area contributed by atoms with Crippen molar-refractivity contribution in [3.63, 3.8) is 0 Å². The lowest BCUT2D eigenvalue weighted by Gasteiger charge is -2.28. The molecule has 1 saturated carbocycles. The molecule has 3 N–H and O–H groups in total. The normalized spacial score (nSPS) is 22.3. The largest absolute Gasteiger partial charge is 0.359 e. The number of nitro benzene ring substituents is 1. The highest BCUT2D eigenvalue weighted by Gasteiger charge is 2.21. The molecule has 0 aliphatic heterocycles. The molecule has 5 nitrogen and oxygen atoms in total. The SMILES string of the molecule is C=C(Nc1ccc([N+](=O)[O-])cc1C)C1CCC(N)CC1. The molecule has 1 aromatic rings. The first kappa shape index (κ1) is 14.5. The van der Waals surface area contributed by atoms with Crippen LogP contribution in [0.3, 0.4) is 0 Å². The molecule has 0 atom stereocenters. The number of nitrogens with one attached hydrogen (secondary N) is 1. The third-order valence-corrected chi connectivity index (χ3v) is 3.98. The average molecular weight is 275 g/mol. The van der Waals surface area contributed by atoms with Crippen LogP contribution in [0.2, 0.25) is 0 Å². The average Bonchev–Trinajstić information content (AvgIpc) is 2.41. The molecule has 0 spiro atoms. The van der Waals surface area contributed by atoms with Crippen molar-refractivity contribution in [1.29, 1.82) is 0 Å². The summed E-state index contributed by atoms with van der Waals surface area (Å²) in [6.45, 7) is 5.97. The Morgan fingerprint density at radius 1 is 1.40 bits per heavy atom. The van der Waals surface area contributed by atoms with E-state index in [4.69, 9.17) is 5.73 Å². The van der Waals surface area contributed by atoms with Crippen LogP contribution in [-0.2, 0) is 0 Å². The summed E-state index contributed by atoms with van der Waals surface area (Å²) in [5.41, 5.74) is 8.74. The second-order valence-electron chi connectivity index (χ2n) is 5.52. The molecule has 1 aliphatic carbocycles. The van der Waals surface area contributed by atoms with E-state index in [-0.39, 0.29) is 10.6 Å². The summed E-state index contributed by atoms with van der Waals surface area (Å²) in [5, 5.41) is 14.0. The van der Waals surface area contributed by atoms with Gasteiger partial charge in [-0.15, -0.1) is 0 Å². The van der Waals surface area contributed by atoms with Gasteiger partial charge in [-0.2, -0.15) is 0 Å². The zero-order valence-corrected chi connectivity index (χ0v) is 11.8. The lowest BCUT2D eigenvalue weighted by molar-refractivity contribution is -0.384. The van der Waals surface area contributed by atoms with Crippen molar-refractivity contribution >= 4 is 11.4 Å². The molecule has 2 rings (SSSR count). The number of non-ortho nitro benzene ring substituents is 1. The summed E-state index contributed by atoms with van der Waals surface area (Å²) in [7, 11) is 0. The second-order valence-corrected chi connectivity index (χ2v) is 5.52. The number of allylic oxidation sites excluding steroid dienone is 1. The molecule has 108 valence electrons. The Kier molecular flexibility index (Phi) is 4.39. The fourth-order valence-corrected chi connectivity index (χ4v) is 2.64. The molecule has 0 saturated heterocycles. The van der Waals surface area contributed by atoms with E-state index in [0.717, 1.165) is 42.6 Å². The smallest absolute Gasteiger partial charge is 0.269 e. The Balaban J connectivity index is 2.02. The Morgan fingerprint density at radius 3 is 2.60 bits per heavy atom. The first-order valence-electron chi connectivity index (χ1n) is 6.94. The van der Waals surface area contributed by atoms with E-state index in [0.29, 0.717) is 12.0 Å². The highest BCUT2D eigenvalue weighted by atomic mass is 16.6. The molecule has 0 radical (unpaired) electrons. The zero-order valence-electron chi connectivity index (χ0n) is 11.8. The van der Waals surface area contributed by atoms with Crippen molar-refractivity contribution in [1.82, 2.24) is 0 Å². The van der Waals surface area contributed by atoms with E-state index in [2.05, 4.69) is 11.9 Å². The topological polar surface area (TPSA) is 81.2 Å². The van der Waals surface area contributed by atoms with Crippen molar-refractivity contribution in [3.05, 3.63) is 46.2 Å². The number of nitrogens with two attached hydrogens (primary N) is 1. The van der Waals surface area contributed by atoms with E-state index in [1.165, 1.54) is 6.07 Å². The summed E-state index contributed by atoms with van der Waals surface area (Å²) < 4.78 is 0. The van der Waals surface area contributed by atoms with E-state index < -0.39 is 0 Å². The quantitative estimate of drug-likeness (QED) is 0.652. The first-order chi connectivity index (χ1) is 9.47. The molecular weight excluding hydrogens is 254 g/mol. The van der Waals surface area contributed by atoms with Gasteiger partial charge in [-0.05, 0) is 50.2 Å². The Hall–Kier alpha value is -1.88. The molecule has 20 heavy (non-hydrogen) atoms. The van der Waals surface area contributed by atoms with Crippen LogP contribution in [0.4, 0.5) is 11.4 Å². The van der Waals surface area contributed by atoms with Gasteiger partial charge in [0.1, 0.15) is 0 Å². The predicted molar refractivity (Wildman–Crippen MR) is 80.5 cm³/mol. The lowest BCUT2D eigenvalue weighted by atomic mass is 9.84. The van der Waals surface area contributed by atoms with Crippen LogP contribution in [0.1, 0.15) is 31.2 Å². The molecule has 0 aromatic heterocycles. The summed E-state index contributed by atoms with van der Waals surface area (Å²) in [4.78, 5) is 10.3. The maximum absolute atomic E-state index is 10.7. The molecule has 0 bridgehead atoms. The third-order valence-electron chi connectivity index (χ3n) is 3.98. The van der Waals surface area contributed by atoms with Crippen LogP contribution in [0.15, 0.2) is 30.5 Å². The Labute approximate surface area is 119 Å². The molecule has 0 amide bonds. The monoisotopic (exact) mass is 275 g/mol. The number of rotatable bonds is 4. The summed E-state index contributed by atoms with van der Waals surface area (Å²) in [5.74, 6) is 0.435. The molecule has 5 heteroatoms. The highest BCUT2D eigenvalue weighted by molar-refractivity contribution is 5.58. The highest BCUT2D eigenvalue weighted by Crippen LogP contribution is 2.30. The number of hydrogen-bond acceptors (Lipinski definition) is 4. The van der Waals surface area contributed by atoms with Gasteiger partial charge in [0.05, 0.1) is 4.92 Å². The maximum atomic E-state index is 10.7.